The van der Waals surface area contributed by atoms with Gasteiger partial charge in [0.1, 0.15) is 5.82 Å². The summed E-state index contributed by atoms with van der Waals surface area (Å²) >= 11 is 0. The Labute approximate surface area is 96.4 Å². The van der Waals surface area contributed by atoms with Gasteiger partial charge in [-0.05, 0) is 44.7 Å². The summed E-state index contributed by atoms with van der Waals surface area (Å²) in [5.41, 5.74) is 0. The third-order valence-electron chi connectivity index (χ3n) is 3.74. The van der Waals surface area contributed by atoms with Crippen LogP contribution < -0.4 is 5.32 Å². The first-order chi connectivity index (χ1) is 7.92. The highest BCUT2D eigenvalue weighted by molar-refractivity contribution is 4.97. The van der Waals surface area contributed by atoms with E-state index in [-0.39, 0.29) is 0 Å². The Morgan fingerprint density at radius 1 is 1.25 bits per heavy atom. The summed E-state index contributed by atoms with van der Waals surface area (Å²) in [6.07, 6.45) is 7.32. The quantitative estimate of drug-likeness (QED) is 0.813. The second-order valence-corrected chi connectivity index (χ2v) is 5.02. The van der Waals surface area contributed by atoms with E-state index in [2.05, 4.69) is 20.1 Å². The van der Waals surface area contributed by atoms with Crippen LogP contribution in [0.5, 0.6) is 0 Å². The van der Waals surface area contributed by atoms with Crippen LogP contribution in [-0.2, 0) is 19.4 Å². The molecule has 1 fully saturated rings. The van der Waals surface area contributed by atoms with E-state index in [0.29, 0.717) is 0 Å². The molecule has 4 heteroatoms. The zero-order valence-corrected chi connectivity index (χ0v) is 9.78. The van der Waals surface area contributed by atoms with Crippen molar-refractivity contribution in [3.63, 3.8) is 0 Å². The molecule has 0 saturated carbocycles. The Balaban J connectivity index is 1.67. The molecule has 1 saturated heterocycles. The first kappa shape index (κ1) is 10.3. The Bertz CT molecular complexity index is 328. The molecule has 88 valence electrons. The molecule has 0 amide bonds. The van der Waals surface area contributed by atoms with Gasteiger partial charge < -0.3 is 5.32 Å². The van der Waals surface area contributed by atoms with Crippen molar-refractivity contribution in [2.24, 2.45) is 5.92 Å². The molecule has 0 bridgehead atoms. The highest BCUT2D eigenvalue weighted by Gasteiger charge is 2.18. The molecule has 0 aliphatic carbocycles. The summed E-state index contributed by atoms with van der Waals surface area (Å²) < 4.78 is 2.12. The molecule has 2 aliphatic heterocycles. The molecular formula is C12H20N4. The molecular weight excluding hydrogens is 200 g/mol. The minimum atomic E-state index is 0.797. The second kappa shape index (κ2) is 4.53. The van der Waals surface area contributed by atoms with E-state index in [1.54, 1.807) is 0 Å². The average molecular weight is 220 g/mol. The van der Waals surface area contributed by atoms with Gasteiger partial charge in [0.2, 0.25) is 0 Å². The summed E-state index contributed by atoms with van der Waals surface area (Å²) in [6.45, 7) is 3.41. The lowest BCUT2D eigenvalue weighted by molar-refractivity contribution is 0.366. The number of aromatic nitrogens is 3. The molecule has 0 unspecified atom stereocenters. The van der Waals surface area contributed by atoms with Crippen molar-refractivity contribution in [2.75, 3.05) is 13.1 Å². The minimum absolute atomic E-state index is 0.797. The Hall–Kier alpha value is -0.900. The van der Waals surface area contributed by atoms with Crippen LogP contribution in [-0.4, -0.2) is 27.9 Å². The van der Waals surface area contributed by atoms with Crippen molar-refractivity contribution < 1.29 is 0 Å². The van der Waals surface area contributed by atoms with Gasteiger partial charge in [-0.3, -0.25) is 0 Å². The molecule has 16 heavy (non-hydrogen) atoms. The first-order valence-corrected chi connectivity index (χ1v) is 6.55. The van der Waals surface area contributed by atoms with Crippen LogP contribution >= 0.6 is 0 Å². The van der Waals surface area contributed by atoms with Crippen molar-refractivity contribution in [2.45, 2.75) is 45.1 Å². The lowest BCUT2D eigenvalue weighted by Gasteiger charge is -2.21. The van der Waals surface area contributed by atoms with Crippen LogP contribution in [0, 0.1) is 5.92 Å². The Kier molecular flexibility index (Phi) is 2.91. The highest BCUT2D eigenvalue weighted by Crippen LogP contribution is 2.18. The molecule has 1 aromatic rings. The maximum Gasteiger partial charge on any atom is 0.151 e. The molecule has 4 nitrogen and oxygen atoms in total. The van der Waals surface area contributed by atoms with Crippen molar-refractivity contribution >= 4 is 0 Å². The first-order valence-electron chi connectivity index (χ1n) is 6.55. The monoisotopic (exact) mass is 220 g/mol. The van der Waals surface area contributed by atoms with Gasteiger partial charge >= 0.3 is 0 Å². The van der Waals surface area contributed by atoms with Crippen LogP contribution in [0.3, 0.4) is 0 Å². The number of fused-ring (bicyclic) bond motifs is 1. The smallest absolute Gasteiger partial charge is 0.151 e. The van der Waals surface area contributed by atoms with Crippen LogP contribution in [0.25, 0.3) is 0 Å². The molecule has 0 spiro atoms. The number of piperidine rings is 1. The summed E-state index contributed by atoms with van der Waals surface area (Å²) in [6, 6.07) is 0. The number of hydrogen-bond donors (Lipinski definition) is 1. The number of hydrogen-bond acceptors (Lipinski definition) is 3. The van der Waals surface area contributed by atoms with E-state index in [4.69, 9.17) is 0 Å². The maximum absolute atomic E-state index is 4.68. The third-order valence-corrected chi connectivity index (χ3v) is 3.74. The van der Waals surface area contributed by atoms with Gasteiger partial charge in [0.05, 0.1) is 0 Å². The normalized spacial score (nSPS) is 22.0. The number of nitrogens with one attached hydrogen (secondary N) is 1. The lowest BCUT2D eigenvalue weighted by Crippen LogP contribution is -2.28. The van der Waals surface area contributed by atoms with Crippen LogP contribution in [0.15, 0.2) is 0 Å². The van der Waals surface area contributed by atoms with Crippen LogP contribution in [0.4, 0.5) is 0 Å². The predicted molar refractivity (Wildman–Crippen MR) is 62.3 cm³/mol. The SMILES string of the molecule is C1CCn2nc(CC3CCNCC3)nc2C1. The van der Waals surface area contributed by atoms with Crippen molar-refractivity contribution in [1.82, 2.24) is 20.1 Å². The van der Waals surface area contributed by atoms with Crippen molar-refractivity contribution in [1.29, 1.82) is 0 Å². The second-order valence-electron chi connectivity index (χ2n) is 5.02. The topological polar surface area (TPSA) is 42.7 Å². The molecule has 3 rings (SSSR count). The van der Waals surface area contributed by atoms with Gasteiger partial charge in [0.25, 0.3) is 0 Å². The van der Waals surface area contributed by atoms with Gasteiger partial charge in [-0.2, -0.15) is 5.10 Å². The molecule has 2 aliphatic rings. The summed E-state index contributed by atoms with van der Waals surface area (Å²) in [5.74, 6) is 3.10. The van der Waals surface area contributed by atoms with E-state index in [1.807, 2.05) is 0 Å². The highest BCUT2D eigenvalue weighted by atomic mass is 15.3. The third kappa shape index (κ3) is 2.12. The molecule has 1 N–H and O–H groups in total. The molecule has 0 radical (unpaired) electrons. The Morgan fingerprint density at radius 2 is 2.12 bits per heavy atom. The fourth-order valence-electron chi connectivity index (χ4n) is 2.77. The van der Waals surface area contributed by atoms with E-state index in [9.17, 15) is 0 Å². The van der Waals surface area contributed by atoms with E-state index >= 15 is 0 Å². The van der Waals surface area contributed by atoms with Gasteiger partial charge in [-0.25, -0.2) is 9.67 Å². The zero-order chi connectivity index (χ0) is 10.8. The summed E-state index contributed by atoms with van der Waals surface area (Å²) in [4.78, 5) is 4.68. The zero-order valence-electron chi connectivity index (χ0n) is 9.78. The van der Waals surface area contributed by atoms with Crippen LogP contribution in [0.1, 0.15) is 37.3 Å². The standard InChI is InChI=1S/C12H20N4/c1-2-8-16-12(3-1)14-11(15-16)9-10-4-6-13-7-5-10/h10,13H,1-9H2. The van der Waals surface area contributed by atoms with E-state index in [0.717, 1.165) is 44.2 Å². The van der Waals surface area contributed by atoms with Gasteiger partial charge in [-0.15, -0.1) is 0 Å². The summed E-state index contributed by atoms with van der Waals surface area (Å²) in [5, 5.41) is 8.03. The number of nitrogens with zero attached hydrogens (tertiary/aromatic N) is 3. The molecule has 0 atom stereocenters. The predicted octanol–water partition coefficient (Wildman–Crippen LogP) is 1.16. The average Bonchev–Trinajstić information content (AvgIpc) is 2.72. The fourth-order valence-corrected chi connectivity index (χ4v) is 2.77. The largest absolute Gasteiger partial charge is 0.317 e. The fraction of sp³-hybridized carbons (Fsp3) is 0.833. The molecule has 0 aromatic carbocycles. The van der Waals surface area contributed by atoms with E-state index < -0.39 is 0 Å². The maximum atomic E-state index is 4.68. The van der Waals surface area contributed by atoms with Gasteiger partial charge in [0, 0.05) is 19.4 Å². The molecule has 1 aromatic heterocycles. The Morgan fingerprint density at radius 3 is 2.94 bits per heavy atom. The van der Waals surface area contributed by atoms with Gasteiger partial charge in [0.15, 0.2) is 5.82 Å². The lowest BCUT2D eigenvalue weighted by atomic mass is 9.94. The number of rotatable bonds is 2. The minimum Gasteiger partial charge on any atom is -0.317 e. The molecule has 3 heterocycles. The van der Waals surface area contributed by atoms with Crippen molar-refractivity contribution in [3.05, 3.63) is 11.6 Å². The van der Waals surface area contributed by atoms with Crippen molar-refractivity contribution in [3.8, 4) is 0 Å². The van der Waals surface area contributed by atoms with Crippen LogP contribution in [0.2, 0.25) is 0 Å². The van der Waals surface area contributed by atoms with E-state index in [1.165, 1.54) is 31.5 Å². The van der Waals surface area contributed by atoms with Gasteiger partial charge in [-0.1, -0.05) is 0 Å². The number of aryl methyl sites for hydroxylation is 2. The summed E-state index contributed by atoms with van der Waals surface area (Å²) in [7, 11) is 0.